The van der Waals surface area contributed by atoms with E-state index >= 15 is 0 Å². The van der Waals surface area contributed by atoms with Crippen LogP contribution in [-0.4, -0.2) is 71.0 Å². The van der Waals surface area contributed by atoms with Gasteiger partial charge in [-0.15, -0.1) is 0 Å². The third-order valence-corrected chi connectivity index (χ3v) is 5.02. The van der Waals surface area contributed by atoms with Crippen molar-refractivity contribution in [3.63, 3.8) is 0 Å². The zero-order chi connectivity index (χ0) is 20.5. The van der Waals surface area contributed by atoms with E-state index in [9.17, 15) is 4.79 Å². The van der Waals surface area contributed by atoms with Crippen LogP contribution in [-0.2, 0) is 7.05 Å². The van der Waals surface area contributed by atoms with Gasteiger partial charge in [0.1, 0.15) is 5.82 Å². The number of aryl methyl sites for hydroxylation is 1. The Kier molecular flexibility index (Phi) is 4.83. The second-order valence-corrected chi connectivity index (χ2v) is 6.82. The zero-order valence-corrected chi connectivity index (χ0v) is 16.6. The van der Waals surface area contributed by atoms with Gasteiger partial charge in [0.2, 0.25) is 5.95 Å². The number of aromatic nitrogens is 4. The second kappa shape index (κ2) is 7.46. The van der Waals surface area contributed by atoms with E-state index < -0.39 is 0 Å². The second-order valence-electron chi connectivity index (χ2n) is 6.82. The number of nitrogens with two attached hydrogens (primary N) is 1. The minimum Gasteiger partial charge on any atom is -0.493 e. The maximum absolute atomic E-state index is 12.6. The molecule has 0 aliphatic carbocycles. The SMILES string of the molecule is COc1cc2nc(N3CCN(C(=O)c4cnn(C)c4)CC3)nc(N)c2cc1OC. The van der Waals surface area contributed by atoms with Gasteiger partial charge >= 0.3 is 0 Å². The van der Waals surface area contributed by atoms with Crippen molar-refractivity contribution >= 4 is 28.6 Å². The van der Waals surface area contributed by atoms with Gasteiger partial charge in [0.15, 0.2) is 11.5 Å². The van der Waals surface area contributed by atoms with E-state index in [1.54, 1.807) is 50.5 Å². The molecule has 2 N–H and O–H groups in total. The zero-order valence-electron chi connectivity index (χ0n) is 16.6. The first-order valence-electron chi connectivity index (χ1n) is 9.22. The summed E-state index contributed by atoms with van der Waals surface area (Å²) in [6, 6.07) is 3.57. The molecule has 1 saturated heterocycles. The van der Waals surface area contributed by atoms with Crippen molar-refractivity contribution in [1.82, 2.24) is 24.6 Å². The van der Waals surface area contributed by atoms with Crippen LogP contribution in [0.3, 0.4) is 0 Å². The van der Waals surface area contributed by atoms with Gasteiger partial charge in [-0.2, -0.15) is 10.1 Å². The summed E-state index contributed by atoms with van der Waals surface area (Å²) in [4.78, 5) is 25.6. The average Bonchev–Trinajstić information content (AvgIpc) is 3.18. The van der Waals surface area contributed by atoms with Crippen LogP contribution < -0.4 is 20.1 Å². The Bertz CT molecular complexity index is 1060. The molecule has 29 heavy (non-hydrogen) atoms. The number of ether oxygens (including phenoxy) is 2. The lowest BCUT2D eigenvalue weighted by molar-refractivity contribution is 0.0746. The molecule has 3 heterocycles. The van der Waals surface area contributed by atoms with E-state index in [1.807, 2.05) is 9.80 Å². The molecule has 0 spiro atoms. The number of methoxy groups -OCH3 is 2. The third kappa shape index (κ3) is 3.48. The van der Waals surface area contributed by atoms with Crippen LogP contribution in [0.5, 0.6) is 11.5 Å². The van der Waals surface area contributed by atoms with E-state index in [-0.39, 0.29) is 5.91 Å². The van der Waals surface area contributed by atoms with E-state index in [0.717, 1.165) is 0 Å². The molecule has 1 amide bonds. The van der Waals surface area contributed by atoms with Gasteiger partial charge in [0.05, 0.1) is 31.5 Å². The van der Waals surface area contributed by atoms with Crippen LogP contribution in [0.4, 0.5) is 11.8 Å². The Labute approximate surface area is 167 Å². The molecule has 1 aliphatic heterocycles. The number of nitrogens with zero attached hydrogens (tertiary/aromatic N) is 6. The van der Waals surface area contributed by atoms with Gasteiger partial charge in [-0.25, -0.2) is 4.98 Å². The van der Waals surface area contributed by atoms with Gasteiger partial charge < -0.3 is 25.0 Å². The van der Waals surface area contributed by atoms with Crippen LogP contribution in [0.15, 0.2) is 24.5 Å². The molecule has 0 bridgehead atoms. The molecule has 4 rings (SSSR count). The highest BCUT2D eigenvalue weighted by molar-refractivity contribution is 5.94. The summed E-state index contributed by atoms with van der Waals surface area (Å²) in [6.07, 6.45) is 3.31. The minimum atomic E-state index is -0.0199. The summed E-state index contributed by atoms with van der Waals surface area (Å²) in [5, 5.41) is 4.77. The number of hydrogen-bond acceptors (Lipinski definition) is 8. The lowest BCUT2D eigenvalue weighted by atomic mass is 10.2. The Morgan fingerprint density at radius 1 is 1.07 bits per heavy atom. The largest absolute Gasteiger partial charge is 0.493 e. The quantitative estimate of drug-likeness (QED) is 0.692. The summed E-state index contributed by atoms with van der Waals surface area (Å²) in [5.41, 5.74) is 7.46. The number of benzene rings is 1. The highest BCUT2D eigenvalue weighted by Crippen LogP contribution is 2.34. The molecule has 2 aromatic heterocycles. The number of rotatable bonds is 4. The maximum Gasteiger partial charge on any atom is 0.257 e. The standard InChI is InChI=1S/C19H23N7O3/c1-24-11-12(10-21-24)18(27)25-4-6-26(7-5-25)19-22-14-9-16(29-3)15(28-2)8-13(14)17(20)23-19/h8-11H,4-7H2,1-3H3,(H2,20,22,23). The van der Waals surface area contributed by atoms with Crippen molar-refractivity contribution < 1.29 is 14.3 Å². The molecule has 0 radical (unpaired) electrons. The number of carbonyl (C=O) groups is 1. The van der Waals surface area contributed by atoms with Gasteiger partial charge in [0, 0.05) is 50.9 Å². The van der Waals surface area contributed by atoms with Crippen molar-refractivity contribution in [2.75, 3.05) is 51.0 Å². The van der Waals surface area contributed by atoms with Crippen molar-refractivity contribution in [1.29, 1.82) is 0 Å². The molecule has 3 aromatic rings. The molecule has 0 unspecified atom stereocenters. The smallest absolute Gasteiger partial charge is 0.257 e. The number of nitrogen functional groups attached to an aromatic ring is 1. The first-order chi connectivity index (χ1) is 14.0. The number of amides is 1. The summed E-state index contributed by atoms with van der Waals surface area (Å²) < 4.78 is 12.3. The van der Waals surface area contributed by atoms with E-state index in [4.69, 9.17) is 15.2 Å². The molecule has 0 saturated carbocycles. The Morgan fingerprint density at radius 3 is 2.38 bits per heavy atom. The summed E-state index contributed by atoms with van der Waals surface area (Å²) in [5.74, 6) is 2.05. The first kappa shape index (κ1) is 18.8. The predicted molar refractivity (Wildman–Crippen MR) is 108 cm³/mol. The molecule has 1 fully saturated rings. The fourth-order valence-electron chi connectivity index (χ4n) is 3.43. The number of hydrogen-bond donors (Lipinski definition) is 1. The number of piperazine rings is 1. The number of anilines is 2. The Morgan fingerprint density at radius 2 is 1.76 bits per heavy atom. The maximum atomic E-state index is 12.6. The molecule has 1 aliphatic rings. The van der Waals surface area contributed by atoms with Crippen LogP contribution in [0, 0.1) is 0 Å². The van der Waals surface area contributed by atoms with Gasteiger partial charge in [0.25, 0.3) is 5.91 Å². The Hall–Kier alpha value is -3.56. The van der Waals surface area contributed by atoms with E-state index in [2.05, 4.69) is 15.1 Å². The molecule has 1 aromatic carbocycles. The van der Waals surface area contributed by atoms with Crippen LogP contribution in [0.1, 0.15) is 10.4 Å². The van der Waals surface area contributed by atoms with Gasteiger partial charge in [-0.1, -0.05) is 0 Å². The third-order valence-electron chi connectivity index (χ3n) is 5.02. The lowest BCUT2D eigenvalue weighted by Gasteiger charge is -2.34. The fourth-order valence-corrected chi connectivity index (χ4v) is 3.43. The molecule has 10 nitrogen and oxygen atoms in total. The summed E-state index contributed by atoms with van der Waals surface area (Å²) in [6.45, 7) is 2.37. The number of carbonyl (C=O) groups excluding carboxylic acids is 1. The first-order valence-corrected chi connectivity index (χ1v) is 9.22. The van der Waals surface area contributed by atoms with Crippen LogP contribution >= 0.6 is 0 Å². The highest BCUT2D eigenvalue weighted by Gasteiger charge is 2.25. The minimum absolute atomic E-state index is 0.0199. The lowest BCUT2D eigenvalue weighted by Crippen LogP contribution is -2.49. The van der Waals surface area contributed by atoms with E-state index in [1.165, 1.54) is 0 Å². The topological polar surface area (TPSA) is 112 Å². The highest BCUT2D eigenvalue weighted by atomic mass is 16.5. The normalized spacial score (nSPS) is 14.3. The Balaban J connectivity index is 1.54. The molecule has 0 atom stereocenters. The number of fused-ring (bicyclic) bond motifs is 1. The predicted octanol–water partition coefficient (Wildman–Crippen LogP) is 0.925. The molecular weight excluding hydrogens is 374 g/mol. The average molecular weight is 397 g/mol. The molecule has 10 heteroatoms. The molecule has 152 valence electrons. The van der Waals surface area contributed by atoms with Crippen molar-refractivity contribution in [2.45, 2.75) is 0 Å². The van der Waals surface area contributed by atoms with Crippen LogP contribution in [0.2, 0.25) is 0 Å². The van der Waals surface area contributed by atoms with Crippen molar-refractivity contribution in [3.8, 4) is 11.5 Å². The summed E-state index contributed by atoms with van der Waals surface area (Å²) >= 11 is 0. The summed E-state index contributed by atoms with van der Waals surface area (Å²) in [7, 11) is 4.94. The van der Waals surface area contributed by atoms with E-state index in [0.29, 0.717) is 65.9 Å². The van der Waals surface area contributed by atoms with Crippen molar-refractivity contribution in [3.05, 3.63) is 30.1 Å². The van der Waals surface area contributed by atoms with Crippen molar-refractivity contribution in [2.24, 2.45) is 7.05 Å². The van der Waals surface area contributed by atoms with Gasteiger partial charge in [-0.05, 0) is 6.07 Å². The van der Waals surface area contributed by atoms with Gasteiger partial charge in [-0.3, -0.25) is 9.48 Å². The fraction of sp³-hybridized carbons (Fsp3) is 0.368. The van der Waals surface area contributed by atoms with Crippen LogP contribution in [0.25, 0.3) is 10.9 Å². The monoisotopic (exact) mass is 397 g/mol. The molecular formula is C19H23N7O3.